The maximum absolute atomic E-state index is 11.2. The van der Waals surface area contributed by atoms with Gasteiger partial charge in [-0.15, -0.1) is 0 Å². The molecule has 6 heteroatoms. The average Bonchev–Trinajstić information content (AvgIpc) is 2.21. The molecule has 0 spiro atoms. The monoisotopic (exact) mass is 220 g/mol. The molecule has 0 amide bonds. The maximum Gasteiger partial charge on any atom is 0.309 e. The van der Waals surface area contributed by atoms with E-state index in [2.05, 4.69) is 4.74 Å². The number of carboxylic acids is 1. The van der Waals surface area contributed by atoms with Crippen molar-refractivity contribution in [1.82, 2.24) is 0 Å². The number of ether oxygens (including phenoxy) is 1. The molecule has 15 heavy (non-hydrogen) atoms. The SMILES string of the molecule is COC(=O)C(CCO)C(CCO)C(=O)O. The van der Waals surface area contributed by atoms with Gasteiger partial charge in [-0.2, -0.15) is 0 Å². The first kappa shape index (κ1) is 13.9. The number of aliphatic hydroxyl groups excluding tert-OH is 2. The molecule has 0 bridgehead atoms. The second-order valence-corrected chi connectivity index (χ2v) is 3.10. The van der Waals surface area contributed by atoms with Crippen molar-refractivity contribution in [3.8, 4) is 0 Å². The lowest BCUT2D eigenvalue weighted by atomic mass is 9.87. The highest BCUT2D eigenvalue weighted by molar-refractivity contribution is 5.81. The van der Waals surface area contributed by atoms with Crippen LogP contribution in [0.4, 0.5) is 0 Å². The Bertz CT molecular complexity index is 215. The molecule has 3 N–H and O–H groups in total. The van der Waals surface area contributed by atoms with Crippen LogP contribution in [0.15, 0.2) is 0 Å². The van der Waals surface area contributed by atoms with Gasteiger partial charge in [-0.1, -0.05) is 0 Å². The predicted octanol–water partition coefficient (Wildman–Crippen LogP) is -0.759. The van der Waals surface area contributed by atoms with E-state index < -0.39 is 23.8 Å². The lowest BCUT2D eigenvalue weighted by Crippen LogP contribution is -2.32. The van der Waals surface area contributed by atoms with E-state index in [4.69, 9.17) is 15.3 Å². The van der Waals surface area contributed by atoms with Crippen molar-refractivity contribution < 1.29 is 29.6 Å². The highest BCUT2D eigenvalue weighted by Gasteiger charge is 2.33. The summed E-state index contributed by atoms with van der Waals surface area (Å²) in [5, 5.41) is 26.2. The van der Waals surface area contributed by atoms with E-state index >= 15 is 0 Å². The van der Waals surface area contributed by atoms with Crippen molar-refractivity contribution in [3.05, 3.63) is 0 Å². The molecule has 0 saturated heterocycles. The van der Waals surface area contributed by atoms with Gasteiger partial charge in [0.05, 0.1) is 18.9 Å². The molecule has 0 aliphatic carbocycles. The zero-order valence-electron chi connectivity index (χ0n) is 8.55. The van der Waals surface area contributed by atoms with E-state index in [0.29, 0.717) is 0 Å². The lowest BCUT2D eigenvalue weighted by Gasteiger charge is -2.20. The van der Waals surface area contributed by atoms with Crippen LogP contribution in [0, 0.1) is 11.8 Å². The Morgan fingerprint density at radius 2 is 1.60 bits per heavy atom. The van der Waals surface area contributed by atoms with Gasteiger partial charge >= 0.3 is 11.9 Å². The number of carbonyl (C=O) groups is 2. The van der Waals surface area contributed by atoms with Crippen molar-refractivity contribution in [3.63, 3.8) is 0 Å². The third kappa shape index (κ3) is 4.26. The number of esters is 1. The average molecular weight is 220 g/mol. The predicted molar refractivity (Wildman–Crippen MR) is 50.0 cm³/mol. The molecule has 0 aromatic carbocycles. The summed E-state index contributed by atoms with van der Waals surface area (Å²) in [7, 11) is 1.16. The molecule has 0 saturated carbocycles. The third-order valence-corrected chi connectivity index (χ3v) is 2.19. The van der Waals surface area contributed by atoms with Crippen LogP contribution in [-0.2, 0) is 14.3 Å². The highest BCUT2D eigenvalue weighted by atomic mass is 16.5. The van der Waals surface area contributed by atoms with Gasteiger partial charge in [0.25, 0.3) is 0 Å². The molecular weight excluding hydrogens is 204 g/mol. The normalized spacial score (nSPS) is 14.3. The molecule has 0 heterocycles. The number of aliphatic carboxylic acids is 1. The van der Waals surface area contributed by atoms with Crippen molar-refractivity contribution in [1.29, 1.82) is 0 Å². The van der Waals surface area contributed by atoms with Gasteiger partial charge in [0.1, 0.15) is 0 Å². The van der Waals surface area contributed by atoms with Crippen molar-refractivity contribution >= 4 is 11.9 Å². The highest BCUT2D eigenvalue weighted by Crippen LogP contribution is 2.21. The molecule has 0 rings (SSSR count). The quantitative estimate of drug-likeness (QED) is 0.487. The van der Waals surface area contributed by atoms with Crippen molar-refractivity contribution in [2.24, 2.45) is 11.8 Å². The molecule has 0 aliphatic rings. The molecule has 0 fully saturated rings. The van der Waals surface area contributed by atoms with Crippen LogP contribution in [0.25, 0.3) is 0 Å². The van der Waals surface area contributed by atoms with Crippen LogP contribution < -0.4 is 0 Å². The molecule has 0 aromatic heterocycles. The van der Waals surface area contributed by atoms with Gasteiger partial charge < -0.3 is 20.1 Å². The Balaban J connectivity index is 4.66. The number of hydrogen-bond donors (Lipinski definition) is 3. The summed E-state index contributed by atoms with van der Waals surface area (Å²) >= 11 is 0. The van der Waals surface area contributed by atoms with E-state index in [-0.39, 0.29) is 26.1 Å². The first-order chi connectivity index (χ1) is 7.08. The minimum atomic E-state index is -1.17. The molecule has 0 radical (unpaired) electrons. The largest absolute Gasteiger partial charge is 0.481 e. The zero-order valence-corrected chi connectivity index (χ0v) is 8.55. The van der Waals surface area contributed by atoms with E-state index in [1.807, 2.05) is 0 Å². The molecule has 2 atom stereocenters. The zero-order chi connectivity index (χ0) is 11.8. The summed E-state index contributed by atoms with van der Waals surface area (Å²) < 4.78 is 4.45. The Morgan fingerprint density at radius 3 is 1.93 bits per heavy atom. The number of carbonyl (C=O) groups excluding carboxylic acids is 1. The summed E-state index contributed by atoms with van der Waals surface area (Å²) in [5.41, 5.74) is 0. The van der Waals surface area contributed by atoms with Crippen LogP contribution in [0.1, 0.15) is 12.8 Å². The van der Waals surface area contributed by atoms with Gasteiger partial charge in [0.15, 0.2) is 0 Å². The molecular formula is C9H16O6. The fourth-order valence-electron chi connectivity index (χ4n) is 1.41. The van der Waals surface area contributed by atoms with Gasteiger partial charge in [0, 0.05) is 13.2 Å². The molecule has 0 aliphatic heterocycles. The fourth-order valence-corrected chi connectivity index (χ4v) is 1.41. The summed E-state index contributed by atoms with van der Waals surface area (Å²) in [6.45, 7) is -0.620. The van der Waals surface area contributed by atoms with Crippen LogP contribution in [-0.4, -0.2) is 47.6 Å². The van der Waals surface area contributed by atoms with Crippen molar-refractivity contribution in [2.45, 2.75) is 12.8 Å². The number of hydrogen-bond acceptors (Lipinski definition) is 5. The first-order valence-corrected chi connectivity index (χ1v) is 4.60. The van der Waals surface area contributed by atoms with Gasteiger partial charge in [0.2, 0.25) is 0 Å². The van der Waals surface area contributed by atoms with Gasteiger partial charge in [-0.05, 0) is 12.8 Å². The number of carboxylic acid groups (broad SMARTS) is 1. The molecule has 88 valence electrons. The lowest BCUT2D eigenvalue weighted by molar-refractivity contribution is -0.157. The Kier molecular flexibility index (Phi) is 6.64. The summed E-state index contributed by atoms with van der Waals surface area (Å²) in [6, 6.07) is 0. The summed E-state index contributed by atoms with van der Waals surface area (Å²) in [4.78, 5) is 22.1. The topological polar surface area (TPSA) is 104 Å². The van der Waals surface area contributed by atoms with Gasteiger partial charge in [-0.3, -0.25) is 9.59 Å². The number of rotatable bonds is 7. The number of aliphatic hydroxyl groups is 2. The fraction of sp³-hybridized carbons (Fsp3) is 0.778. The van der Waals surface area contributed by atoms with E-state index in [0.717, 1.165) is 7.11 Å². The van der Waals surface area contributed by atoms with Crippen LogP contribution in [0.3, 0.4) is 0 Å². The van der Waals surface area contributed by atoms with Crippen LogP contribution in [0.2, 0.25) is 0 Å². The van der Waals surface area contributed by atoms with Crippen LogP contribution in [0.5, 0.6) is 0 Å². The maximum atomic E-state index is 11.2. The Hall–Kier alpha value is -1.14. The van der Waals surface area contributed by atoms with Crippen molar-refractivity contribution in [2.75, 3.05) is 20.3 Å². The molecule has 6 nitrogen and oxygen atoms in total. The molecule has 0 aromatic rings. The standard InChI is InChI=1S/C9H16O6/c1-15-9(14)7(3-5-11)6(2-4-10)8(12)13/h6-7,10-11H,2-5H2,1H3,(H,12,13). The van der Waals surface area contributed by atoms with E-state index in [9.17, 15) is 9.59 Å². The Morgan fingerprint density at radius 1 is 1.13 bits per heavy atom. The van der Waals surface area contributed by atoms with E-state index in [1.165, 1.54) is 0 Å². The summed E-state index contributed by atoms with van der Waals surface area (Å²) in [5.74, 6) is -3.78. The third-order valence-electron chi connectivity index (χ3n) is 2.19. The van der Waals surface area contributed by atoms with Gasteiger partial charge in [-0.25, -0.2) is 0 Å². The smallest absolute Gasteiger partial charge is 0.309 e. The second-order valence-electron chi connectivity index (χ2n) is 3.10. The summed E-state index contributed by atoms with van der Waals surface area (Å²) in [6.07, 6.45) is -0.0151. The van der Waals surface area contributed by atoms with Crippen LogP contribution >= 0.6 is 0 Å². The van der Waals surface area contributed by atoms with E-state index in [1.54, 1.807) is 0 Å². The second kappa shape index (κ2) is 7.19. The minimum Gasteiger partial charge on any atom is -0.481 e. The minimum absolute atomic E-state index is 0.0175. The Labute approximate surface area is 87.5 Å². The first-order valence-electron chi connectivity index (χ1n) is 4.60. The number of methoxy groups -OCH3 is 1. The molecule has 2 unspecified atom stereocenters.